The predicted octanol–water partition coefficient (Wildman–Crippen LogP) is 1.86. The molecule has 1 aromatic rings. The summed E-state index contributed by atoms with van der Waals surface area (Å²) in [7, 11) is 0. The van der Waals surface area contributed by atoms with E-state index in [2.05, 4.69) is 5.32 Å². The van der Waals surface area contributed by atoms with Crippen LogP contribution in [0.4, 0.5) is 17.6 Å². The van der Waals surface area contributed by atoms with Crippen molar-refractivity contribution in [3.05, 3.63) is 35.1 Å². The molecule has 0 amide bonds. The van der Waals surface area contributed by atoms with Crippen LogP contribution < -0.4 is 11.1 Å². The molecule has 94 valence electrons. The van der Waals surface area contributed by atoms with Gasteiger partial charge in [0.15, 0.2) is 0 Å². The van der Waals surface area contributed by atoms with E-state index in [-0.39, 0.29) is 12.0 Å². The highest BCUT2D eigenvalue weighted by molar-refractivity contribution is 5.30. The van der Waals surface area contributed by atoms with Gasteiger partial charge in [0.1, 0.15) is 5.82 Å². The zero-order valence-corrected chi connectivity index (χ0v) is 8.89. The monoisotopic (exact) mass is 248 g/mol. The van der Waals surface area contributed by atoms with Crippen molar-refractivity contribution in [3.63, 3.8) is 0 Å². The van der Waals surface area contributed by atoms with E-state index in [9.17, 15) is 17.6 Å². The van der Waals surface area contributed by atoms with E-state index in [4.69, 9.17) is 5.73 Å². The van der Waals surface area contributed by atoms with Crippen LogP contribution in [0.2, 0.25) is 0 Å². The van der Waals surface area contributed by atoms with Crippen molar-refractivity contribution >= 4 is 0 Å². The fraction of sp³-hybridized carbons (Fsp3) is 0.455. The highest BCUT2D eigenvalue weighted by atomic mass is 19.4. The van der Waals surface area contributed by atoms with Gasteiger partial charge in [-0.3, -0.25) is 0 Å². The van der Waals surface area contributed by atoms with Crippen molar-refractivity contribution in [3.8, 4) is 0 Å². The van der Waals surface area contributed by atoms with E-state index in [1.54, 1.807) is 0 Å². The molecule has 1 heterocycles. The van der Waals surface area contributed by atoms with Gasteiger partial charge < -0.3 is 11.1 Å². The molecule has 0 spiro atoms. The molecule has 0 radical (unpaired) electrons. The largest absolute Gasteiger partial charge is 0.419 e. The summed E-state index contributed by atoms with van der Waals surface area (Å²) in [5.74, 6) is -1.37. The maximum atomic E-state index is 13.3. The Labute approximate surface area is 95.8 Å². The predicted molar refractivity (Wildman–Crippen MR) is 55.0 cm³/mol. The van der Waals surface area contributed by atoms with Crippen LogP contribution in [0.5, 0.6) is 0 Å². The molecule has 0 unspecified atom stereocenters. The third-order valence-electron chi connectivity index (χ3n) is 2.99. The lowest BCUT2D eigenvalue weighted by Crippen LogP contribution is -2.27. The van der Waals surface area contributed by atoms with Crippen LogP contribution in [0.1, 0.15) is 17.0 Å². The van der Waals surface area contributed by atoms with Crippen LogP contribution in [0.25, 0.3) is 0 Å². The van der Waals surface area contributed by atoms with Crippen LogP contribution >= 0.6 is 0 Å². The molecule has 2 rings (SSSR count). The number of hydrogen-bond donors (Lipinski definition) is 2. The summed E-state index contributed by atoms with van der Waals surface area (Å²) >= 11 is 0. The van der Waals surface area contributed by atoms with Gasteiger partial charge in [0.05, 0.1) is 5.56 Å². The van der Waals surface area contributed by atoms with E-state index in [0.29, 0.717) is 18.7 Å². The van der Waals surface area contributed by atoms with Crippen LogP contribution in [0, 0.1) is 5.82 Å². The lowest BCUT2D eigenvalue weighted by Gasteiger charge is -2.16. The summed E-state index contributed by atoms with van der Waals surface area (Å²) < 4.78 is 50.4. The quantitative estimate of drug-likeness (QED) is 0.744. The number of nitrogens with two attached hydrogens (primary N) is 1. The number of halogens is 4. The SMILES string of the molecule is N[C@@H]1CNC[C@H]1c1ccc(C(F)(F)F)c(F)c1. The minimum absolute atomic E-state index is 0.133. The highest BCUT2D eigenvalue weighted by Crippen LogP contribution is 2.33. The second-order valence-corrected chi connectivity index (χ2v) is 4.17. The Bertz CT molecular complexity index is 416. The molecule has 17 heavy (non-hydrogen) atoms. The van der Waals surface area contributed by atoms with Crippen molar-refractivity contribution < 1.29 is 17.6 Å². The third-order valence-corrected chi connectivity index (χ3v) is 2.99. The van der Waals surface area contributed by atoms with E-state index >= 15 is 0 Å². The number of benzene rings is 1. The van der Waals surface area contributed by atoms with Gasteiger partial charge in [-0.15, -0.1) is 0 Å². The van der Waals surface area contributed by atoms with Crippen LogP contribution in [0.15, 0.2) is 18.2 Å². The molecule has 1 aliphatic rings. The summed E-state index contributed by atoms with van der Waals surface area (Å²) in [5.41, 5.74) is 5.05. The van der Waals surface area contributed by atoms with Crippen LogP contribution in [0.3, 0.4) is 0 Å². The third kappa shape index (κ3) is 2.42. The van der Waals surface area contributed by atoms with Gasteiger partial charge in [-0.25, -0.2) is 4.39 Å². The summed E-state index contributed by atoms with van der Waals surface area (Å²) in [5, 5.41) is 3.02. The molecule has 1 aromatic carbocycles. The van der Waals surface area contributed by atoms with E-state index in [1.165, 1.54) is 6.07 Å². The molecule has 0 aliphatic carbocycles. The van der Waals surface area contributed by atoms with Gasteiger partial charge in [-0.05, 0) is 17.7 Å². The fourth-order valence-corrected chi connectivity index (χ4v) is 2.06. The molecule has 2 atom stereocenters. The van der Waals surface area contributed by atoms with Gasteiger partial charge >= 0.3 is 6.18 Å². The molecule has 0 bridgehead atoms. The summed E-state index contributed by atoms with van der Waals surface area (Å²) in [6.45, 7) is 1.15. The Morgan fingerprint density at radius 1 is 1.24 bits per heavy atom. The van der Waals surface area contributed by atoms with Crippen molar-refractivity contribution in [1.82, 2.24) is 5.32 Å². The van der Waals surface area contributed by atoms with Crippen LogP contribution in [-0.2, 0) is 6.18 Å². The maximum Gasteiger partial charge on any atom is 0.419 e. The van der Waals surface area contributed by atoms with Crippen molar-refractivity contribution in [1.29, 1.82) is 0 Å². The highest BCUT2D eigenvalue weighted by Gasteiger charge is 2.35. The molecule has 1 saturated heterocycles. The molecule has 3 N–H and O–H groups in total. The summed E-state index contributed by atoms with van der Waals surface area (Å²) in [6.07, 6.45) is -4.65. The average Bonchev–Trinajstić information content (AvgIpc) is 2.62. The summed E-state index contributed by atoms with van der Waals surface area (Å²) in [4.78, 5) is 0. The molecule has 0 saturated carbocycles. The second-order valence-electron chi connectivity index (χ2n) is 4.17. The standard InChI is InChI=1S/C11H12F4N2/c12-9-3-6(7-4-17-5-10(7)16)1-2-8(9)11(13,14)15/h1-3,7,10,17H,4-5,16H2/t7-,10+/m0/s1. The minimum Gasteiger partial charge on any atom is -0.326 e. The van der Waals surface area contributed by atoms with Gasteiger partial charge in [0.25, 0.3) is 0 Å². The Morgan fingerprint density at radius 3 is 2.41 bits per heavy atom. The van der Waals surface area contributed by atoms with Crippen LogP contribution in [-0.4, -0.2) is 19.1 Å². The number of rotatable bonds is 1. The zero-order valence-electron chi connectivity index (χ0n) is 8.89. The lowest BCUT2D eigenvalue weighted by molar-refractivity contribution is -0.140. The van der Waals surface area contributed by atoms with Gasteiger partial charge in [0.2, 0.25) is 0 Å². The normalized spacial score (nSPS) is 25.2. The first-order valence-electron chi connectivity index (χ1n) is 5.22. The van der Waals surface area contributed by atoms with E-state index < -0.39 is 17.6 Å². The van der Waals surface area contributed by atoms with Gasteiger partial charge in [0, 0.05) is 25.0 Å². The molecule has 1 aliphatic heterocycles. The Hall–Kier alpha value is -1.14. The molecule has 0 aromatic heterocycles. The van der Waals surface area contributed by atoms with Crippen molar-refractivity contribution in [2.24, 2.45) is 5.73 Å². The molecular weight excluding hydrogens is 236 g/mol. The second kappa shape index (κ2) is 4.27. The number of alkyl halides is 3. The average molecular weight is 248 g/mol. The van der Waals surface area contributed by atoms with Crippen molar-refractivity contribution in [2.45, 2.75) is 18.1 Å². The first-order chi connectivity index (χ1) is 7.89. The van der Waals surface area contributed by atoms with Gasteiger partial charge in [-0.1, -0.05) is 6.07 Å². The molecule has 2 nitrogen and oxygen atoms in total. The zero-order chi connectivity index (χ0) is 12.6. The Morgan fingerprint density at radius 2 is 1.94 bits per heavy atom. The molecule has 1 fully saturated rings. The Kier molecular flexibility index (Phi) is 3.09. The lowest BCUT2D eigenvalue weighted by atomic mass is 9.94. The minimum atomic E-state index is -4.65. The maximum absolute atomic E-state index is 13.3. The first kappa shape index (κ1) is 12.3. The first-order valence-corrected chi connectivity index (χ1v) is 5.22. The van der Waals surface area contributed by atoms with E-state index in [0.717, 1.165) is 12.1 Å². The number of hydrogen-bond acceptors (Lipinski definition) is 2. The number of nitrogens with one attached hydrogen (secondary N) is 1. The Balaban J connectivity index is 2.31. The van der Waals surface area contributed by atoms with E-state index in [1.807, 2.05) is 0 Å². The van der Waals surface area contributed by atoms with Gasteiger partial charge in [-0.2, -0.15) is 13.2 Å². The summed E-state index contributed by atoms with van der Waals surface area (Å²) in [6, 6.07) is 2.81. The smallest absolute Gasteiger partial charge is 0.326 e. The topological polar surface area (TPSA) is 38.0 Å². The molecule has 6 heteroatoms. The van der Waals surface area contributed by atoms with Crippen molar-refractivity contribution in [2.75, 3.05) is 13.1 Å². The molecular formula is C11H12F4N2. The fourth-order valence-electron chi connectivity index (χ4n) is 2.06.